The number of aromatic nitrogens is 2. The maximum atomic E-state index is 5.91. The molecule has 0 bridgehead atoms. The molecular weight excluding hydrogens is 248 g/mol. The Morgan fingerprint density at radius 2 is 2.00 bits per heavy atom. The summed E-state index contributed by atoms with van der Waals surface area (Å²) in [6.45, 7) is 0.591. The minimum atomic E-state index is 0.206. The maximum Gasteiger partial charge on any atom is 0.133 e. The van der Waals surface area contributed by atoms with Gasteiger partial charge in [-0.25, -0.2) is 9.97 Å². The largest absolute Gasteiger partial charge is 0.365 e. The quantitative estimate of drug-likeness (QED) is 0.870. The topological polar surface area (TPSA) is 63.8 Å². The Kier molecular flexibility index (Phi) is 3.92. The van der Waals surface area contributed by atoms with Crippen LogP contribution in [0.5, 0.6) is 0 Å². The number of nitrogens with zero attached hydrogens (tertiary/aromatic N) is 2. The van der Waals surface area contributed by atoms with Gasteiger partial charge in [-0.15, -0.1) is 0 Å². The first-order valence-electron chi connectivity index (χ1n) is 7.20. The fraction of sp³-hybridized carbons (Fsp3) is 0.375. The van der Waals surface area contributed by atoms with Gasteiger partial charge in [0.15, 0.2) is 0 Å². The van der Waals surface area contributed by atoms with E-state index in [2.05, 4.69) is 39.6 Å². The van der Waals surface area contributed by atoms with Gasteiger partial charge in [-0.05, 0) is 31.2 Å². The number of nitrogens with one attached hydrogen (secondary N) is 1. The Morgan fingerprint density at radius 3 is 2.80 bits per heavy atom. The van der Waals surface area contributed by atoms with Crippen LogP contribution in [0.3, 0.4) is 0 Å². The molecule has 104 valence electrons. The third-order valence-electron chi connectivity index (χ3n) is 3.83. The number of rotatable bonds is 5. The first-order valence-corrected chi connectivity index (χ1v) is 7.20. The van der Waals surface area contributed by atoms with Gasteiger partial charge in [0.1, 0.15) is 12.1 Å². The lowest BCUT2D eigenvalue weighted by Gasteiger charge is -2.19. The zero-order chi connectivity index (χ0) is 13.8. The number of aryl methyl sites for hydroxylation is 1. The Morgan fingerprint density at radius 1 is 1.15 bits per heavy atom. The second-order valence-electron chi connectivity index (χ2n) is 5.27. The molecule has 1 aromatic heterocycles. The van der Waals surface area contributed by atoms with Crippen molar-refractivity contribution in [2.75, 3.05) is 11.9 Å². The van der Waals surface area contributed by atoms with Crippen LogP contribution in [0.15, 0.2) is 36.7 Å². The van der Waals surface area contributed by atoms with E-state index in [9.17, 15) is 0 Å². The van der Waals surface area contributed by atoms with E-state index in [1.807, 2.05) is 6.07 Å². The molecule has 1 aromatic carbocycles. The number of fused-ring (bicyclic) bond motifs is 1. The summed E-state index contributed by atoms with van der Waals surface area (Å²) in [6, 6.07) is 10.6. The van der Waals surface area contributed by atoms with E-state index in [1.165, 1.54) is 23.2 Å². The number of nitrogens with two attached hydrogens (primary N) is 1. The highest BCUT2D eigenvalue weighted by molar-refractivity contribution is 5.48. The molecule has 0 amide bonds. The predicted octanol–water partition coefficient (Wildman–Crippen LogP) is 1.95. The van der Waals surface area contributed by atoms with Crippen molar-refractivity contribution in [1.82, 2.24) is 9.97 Å². The summed E-state index contributed by atoms with van der Waals surface area (Å²) >= 11 is 0. The molecule has 0 saturated heterocycles. The summed E-state index contributed by atoms with van der Waals surface area (Å²) in [5, 5.41) is 3.50. The Hall–Kier alpha value is -1.94. The summed E-state index contributed by atoms with van der Waals surface area (Å²) in [6.07, 6.45) is 5.88. The van der Waals surface area contributed by atoms with Gasteiger partial charge in [0.05, 0.1) is 0 Å². The molecule has 2 aromatic rings. The lowest BCUT2D eigenvalue weighted by atomic mass is 10.1. The summed E-state index contributed by atoms with van der Waals surface area (Å²) in [5.74, 6) is 0.971. The minimum absolute atomic E-state index is 0.206. The highest BCUT2D eigenvalue weighted by atomic mass is 15.1. The second kappa shape index (κ2) is 6.01. The number of hydrogen-bond acceptors (Lipinski definition) is 4. The van der Waals surface area contributed by atoms with Crippen molar-refractivity contribution in [2.45, 2.75) is 31.7 Å². The zero-order valence-corrected chi connectivity index (χ0v) is 11.5. The van der Waals surface area contributed by atoms with Crippen LogP contribution in [-0.4, -0.2) is 22.6 Å². The average molecular weight is 268 g/mol. The molecule has 20 heavy (non-hydrogen) atoms. The number of anilines is 1. The van der Waals surface area contributed by atoms with E-state index in [4.69, 9.17) is 5.73 Å². The minimum Gasteiger partial charge on any atom is -0.365 e. The van der Waals surface area contributed by atoms with Crippen LogP contribution >= 0.6 is 0 Å². The molecule has 1 aliphatic carbocycles. The van der Waals surface area contributed by atoms with Crippen molar-refractivity contribution in [3.8, 4) is 0 Å². The van der Waals surface area contributed by atoms with Gasteiger partial charge in [0.2, 0.25) is 0 Å². The third kappa shape index (κ3) is 2.80. The van der Waals surface area contributed by atoms with E-state index in [-0.39, 0.29) is 6.04 Å². The molecule has 0 spiro atoms. The first-order chi connectivity index (χ1) is 9.86. The summed E-state index contributed by atoms with van der Waals surface area (Å²) in [7, 11) is 0. The standard InChI is InChI=1S/C16H20N4/c17-10-13(9-12-5-2-1-3-6-12)20-16-14-7-4-8-15(14)18-11-19-16/h1-3,5-6,11,13H,4,7-10,17H2,(H,18,19,20). The SMILES string of the molecule is NCC(Cc1ccccc1)Nc1ncnc2c1CCC2. The zero-order valence-electron chi connectivity index (χ0n) is 11.5. The highest BCUT2D eigenvalue weighted by Gasteiger charge is 2.18. The molecule has 0 saturated carbocycles. The highest BCUT2D eigenvalue weighted by Crippen LogP contribution is 2.25. The van der Waals surface area contributed by atoms with Crippen LogP contribution in [0.2, 0.25) is 0 Å². The predicted molar refractivity (Wildman–Crippen MR) is 80.7 cm³/mol. The average Bonchev–Trinajstić information content (AvgIpc) is 2.97. The van der Waals surface area contributed by atoms with Crippen LogP contribution in [0, 0.1) is 0 Å². The molecule has 3 rings (SSSR count). The summed E-state index contributed by atoms with van der Waals surface area (Å²) < 4.78 is 0. The van der Waals surface area contributed by atoms with E-state index in [1.54, 1.807) is 6.33 Å². The molecule has 1 heterocycles. The maximum absolute atomic E-state index is 5.91. The molecule has 3 N–H and O–H groups in total. The first kappa shape index (κ1) is 13.1. The monoisotopic (exact) mass is 268 g/mol. The normalized spacial score (nSPS) is 14.8. The van der Waals surface area contributed by atoms with Crippen LogP contribution in [0.25, 0.3) is 0 Å². The fourth-order valence-electron chi connectivity index (χ4n) is 2.77. The Balaban J connectivity index is 1.74. The van der Waals surface area contributed by atoms with E-state index >= 15 is 0 Å². The fourth-order valence-corrected chi connectivity index (χ4v) is 2.77. The van der Waals surface area contributed by atoms with Crippen molar-refractivity contribution in [2.24, 2.45) is 5.73 Å². The van der Waals surface area contributed by atoms with Crippen LogP contribution in [0.4, 0.5) is 5.82 Å². The molecule has 1 atom stereocenters. The van der Waals surface area contributed by atoms with Gasteiger partial charge in [-0.2, -0.15) is 0 Å². The number of benzene rings is 1. The van der Waals surface area contributed by atoms with Crippen molar-refractivity contribution < 1.29 is 0 Å². The molecule has 4 heteroatoms. The lowest BCUT2D eigenvalue weighted by molar-refractivity contribution is 0.717. The lowest BCUT2D eigenvalue weighted by Crippen LogP contribution is -2.31. The van der Waals surface area contributed by atoms with Crippen LogP contribution in [0.1, 0.15) is 23.2 Å². The molecule has 0 fully saturated rings. The second-order valence-corrected chi connectivity index (χ2v) is 5.27. The van der Waals surface area contributed by atoms with Crippen molar-refractivity contribution >= 4 is 5.82 Å². The van der Waals surface area contributed by atoms with Crippen molar-refractivity contribution in [3.05, 3.63) is 53.5 Å². The van der Waals surface area contributed by atoms with Gasteiger partial charge in [-0.1, -0.05) is 30.3 Å². The third-order valence-corrected chi connectivity index (χ3v) is 3.83. The van der Waals surface area contributed by atoms with E-state index in [0.29, 0.717) is 6.54 Å². The van der Waals surface area contributed by atoms with Gasteiger partial charge in [-0.3, -0.25) is 0 Å². The Bertz CT molecular complexity index is 568. The van der Waals surface area contributed by atoms with Gasteiger partial charge < -0.3 is 11.1 Å². The molecule has 1 aliphatic rings. The summed E-state index contributed by atoms with van der Waals surface area (Å²) in [4.78, 5) is 8.76. The van der Waals surface area contributed by atoms with E-state index < -0.39 is 0 Å². The van der Waals surface area contributed by atoms with Crippen molar-refractivity contribution in [1.29, 1.82) is 0 Å². The number of hydrogen-bond donors (Lipinski definition) is 2. The van der Waals surface area contributed by atoms with Gasteiger partial charge in [0, 0.05) is 23.8 Å². The smallest absolute Gasteiger partial charge is 0.133 e. The van der Waals surface area contributed by atoms with Crippen LogP contribution < -0.4 is 11.1 Å². The molecular formula is C16H20N4. The molecule has 0 aliphatic heterocycles. The molecule has 0 radical (unpaired) electrons. The molecule has 4 nitrogen and oxygen atoms in total. The summed E-state index contributed by atoms with van der Waals surface area (Å²) in [5.41, 5.74) is 9.67. The van der Waals surface area contributed by atoms with Crippen molar-refractivity contribution in [3.63, 3.8) is 0 Å². The van der Waals surface area contributed by atoms with Crippen LogP contribution in [-0.2, 0) is 19.3 Å². The van der Waals surface area contributed by atoms with E-state index in [0.717, 1.165) is 25.1 Å². The molecule has 1 unspecified atom stereocenters. The Labute approximate surface area is 119 Å². The van der Waals surface area contributed by atoms with Gasteiger partial charge in [0.25, 0.3) is 0 Å². The van der Waals surface area contributed by atoms with Gasteiger partial charge >= 0.3 is 0 Å².